The zero-order chi connectivity index (χ0) is 19.4. The van der Waals surface area contributed by atoms with Crippen LogP contribution in [0.15, 0.2) is 23.4 Å². The SMILES string of the molecule is CN(C)CCN(Cc1ccc(F)cc1F)C(=O)CSc1nnnn1C1CC1. The van der Waals surface area contributed by atoms with Crippen molar-refractivity contribution in [2.24, 2.45) is 0 Å². The third kappa shape index (κ3) is 5.46. The minimum atomic E-state index is -0.650. The fourth-order valence-corrected chi connectivity index (χ4v) is 3.36. The van der Waals surface area contributed by atoms with Crippen LogP contribution in [0.4, 0.5) is 8.78 Å². The van der Waals surface area contributed by atoms with E-state index >= 15 is 0 Å². The molecule has 0 saturated heterocycles. The molecule has 1 fully saturated rings. The van der Waals surface area contributed by atoms with Crippen LogP contribution in [0, 0.1) is 11.6 Å². The van der Waals surface area contributed by atoms with Crippen LogP contribution in [0.25, 0.3) is 0 Å². The van der Waals surface area contributed by atoms with Gasteiger partial charge < -0.3 is 9.80 Å². The maximum atomic E-state index is 14.0. The van der Waals surface area contributed by atoms with E-state index in [2.05, 4.69) is 15.5 Å². The van der Waals surface area contributed by atoms with E-state index in [1.54, 1.807) is 9.58 Å². The number of likely N-dealkylation sites (N-methyl/N-ethyl adjacent to an activating group) is 1. The minimum Gasteiger partial charge on any atom is -0.336 e. The lowest BCUT2D eigenvalue weighted by Gasteiger charge is -2.24. The zero-order valence-electron chi connectivity index (χ0n) is 15.3. The second-order valence-corrected chi connectivity index (χ2v) is 7.72. The molecule has 0 aliphatic heterocycles. The van der Waals surface area contributed by atoms with Crippen molar-refractivity contribution in [3.05, 3.63) is 35.4 Å². The van der Waals surface area contributed by atoms with Gasteiger partial charge in [0.2, 0.25) is 11.1 Å². The number of thioether (sulfide) groups is 1. The number of hydrogen-bond acceptors (Lipinski definition) is 6. The second-order valence-electron chi connectivity index (χ2n) is 6.78. The summed E-state index contributed by atoms with van der Waals surface area (Å²) in [6.45, 7) is 1.17. The number of rotatable bonds is 9. The molecule has 7 nitrogen and oxygen atoms in total. The molecule has 1 heterocycles. The van der Waals surface area contributed by atoms with Gasteiger partial charge in [0.1, 0.15) is 11.6 Å². The molecule has 1 amide bonds. The van der Waals surface area contributed by atoms with Crippen molar-refractivity contribution >= 4 is 17.7 Å². The van der Waals surface area contributed by atoms with Crippen LogP contribution >= 0.6 is 11.8 Å². The lowest BCUT2D eigenvalue weighted by Crippen LogP contribution is -2.37. The molecule has 0 radical (unpaired) electrons. The van der Waals surface area contributed by atoms with Gasteiger partial charge in [0, 0.05) is 31.3 Å². The first kappa shape index (κ1) is 19.7. The molecule has 0 N–H and O–H groups in total. The standard InChI is InChI=1S/C17H22F2N6OS/c1-23(2)7-8-24(10-12-3-4-13(18)9-15(12)19)16(26)11-27-17-20-21-22-25(17)14-5-6-14/h3-4,9,14H,5-8,10-11H2,1-2H3. The highest BCUT2D eigenvalue weighted by molar-refractivity contribution is 7.99. The molecule has 3 rings (SSSR count). The number of carbonyl (C=O) groups is 1. The summed E-state index contributed by atoms with van der Waals surface area (Å²) >= 11 is 1.28. The van der Waals surface area contributed by atoms with Crippen LogP contribution < -0.4 is 0 Å². The minimum absolute atomic E-state index is 0.0902. The van der Waals surface area contributed by atoms with Crippen LogP contribution in [0.1, 0.15) is 24.4 Å². The Morgan fingerprint density at radius 3 is 2.74 bits per heavy atom. The summed E-state index contributed by atoms with van der Waals surface area (Å²) in [7, 11) is 3.80. The van der Waals surface area contributed by atoms with Gasteiger partial charge in [-0.2, -0.15) is 0 Å². The zero-order valence-corrected chi connectivity index (χ0v) is 16.1. The molecule has 27 heavy (non-hydrogen) atoms. The van der Waals surface area contributed by atoms with Crippen LogP contribution in [0.2, 0.25) is 0 Å². The summed E-state index contributed by atoms with van der Waals surface area (Å²) in [5.74, 6) is -1.27. The lowest BCUT2D eigenvalue weighted by molar-refractivity contribution is -0.129. The topological polar surface area (TPSA) is 67.2 Å². The van der Waals surface area contributed by atoms with Crippen molar-refractivity contribution in [1.29, 1.82) is 0 Å². The summed E-state index contributed by atoms with van der Waals surface area (Å²) in [5, 5.41) is 12.2. The van der Waals surface area contributed by atoms with E-state index in [1.807, 2.05) is 19.0 Å². The van der Waals surface area contributed by atoms with Crippen molar-refractivity contribution < 1.29 is 13.6 Å². The summed E-state index contributed by atoms with van der Waals surface area (Å²) in [6, 6.07) is 3.74. The van der Waals surface area contributed by atoms with Crippen molar-refractivity contribution in [3.63, 3.8) is 0 Å². The Labute approximate surface area is 160 Å². The van der Waals surface area contributed by atoms with E-state index in [0.717, 1.165) is 18.9 Å². The summed E-state index contributed by atoms with van der Waals surface area (Å²) < 4.78 is 28.9. The van der Waals surface area contributed by atoms with Crippen LogP contribution in [-0.2, 0) is 11.3 Å². The van der Waals surface area contributed by atoms with Gasteiger partial charge in [-0.1, -0.05) is 17.8 Å². The normalized spacial score (nSPS) is 14.0. The monoisotopic (exact) mass is 396 g/mol. The smallest absolute Gasteiger partial charge is 0.233 e. The maximum absolute atomic E-state index is 14.0. The molecule has 1 saturated carbocycles. The van der Waals surface area contributed by atoms with Crippen molar-refractivity contribution in [3.8, 4) is 0 Å². The molecule has 1 aliphatic carbocycles. The molecule has 0 bridgehead atoms. The number of nitrogens with zero attached hydrogens (tertiary/aromatic N) is 6. The van der Waals surface area contributed by atoms with Crippen molar-refractivity contribution in [1.82, 2.24) is 30.0 Å². The molecule has 1 aliphatic rings. The molecule has 2 aromatic rings. The van der Waals surface area contributed by atoms with E-state index in [-0.39, 0.29) is 23.8 Å². The molecule has 1 aromatic carbocycles. The Balaban J connectivity index is 1.65. The summed E-state index contributed by atoms with van der Waals surface area (Å²) in [4.78, 5) is 16.3. The number of aromatic nitrogens is 4. The largest absolute Gasteiger partial charge is 0.336 e. The highest BCUT2D eigenvalue weighted by atomic mass is 32.2. The van der Waals surface area contributed by atoms with Crippen LogP contribution in [0.3, 0.4) is 0 Å². The average Bonchev–Trinajstić information content (AvgIpc) is 3.36. The van der Waals surface area contributed by atoms with Crippen LogP contribution in [-0.4, -0.2) is 68.9 Å². The van der Waals surface area contributed by atoms with Crippen molar-refractivity contribution in [2.45, 2.75) is 30.6 Å². The van der Waals surface area contributed by atoms with Gasteiger partial charge in [-0.25, -0.2) is 13.5 Å². The van der Waals surface area contributed by atoms with Gasteiger partial charge in [0.15, 0.2) is 0 Å². The molecular formula is C17H22F2N6OS. The highest BCUT2D eigenvalue weighted by Gasteiger charge is 2.28. The first-order chi connectivity index (χ1) is 12.9. The summed E-state index contributed by atoms with van der Waals surface area (Å²) in [5.41, 5.74) is 0.288. The third-order valence-electron chi connectivity index (χ3n) is 4.23. The third-order valence-corrected chi connectivity index (χ3v) is 5.14. The van der Waals surface area contributed by atoms with Gasteiger partial charge in [-0.15, -0.1) is 5.10 Å². The Hall–Kier alpha value is -2.07. The van der Waals surface area contributed by atoms with E-state index in [4.69, 9.17) is 0 Å². The number of benzene rings is 1. The lowest BCUT2D eigenvalue weighted by atomic mass is 10.2. The Morgan fingerprint density at radius 1 is 1.30 bits per heavy atom. The predicted octanol–water partition coefficient (Wildman–Crippen LogP) is 1.97. The van der Waals surface area contributed by atoms with E-state index in [9.17, 15) is 13.6 Å². The molecule has 0 spiro atoms. The number of hydrogen-bond donors (Lipinski definition) is 0. The van der Waals surface area contributed by atoms with E-state index < -0.39 is 11.6 Å². The molecule has 1 aromatic heterocycles. The van der Waals surface area contributed by atoms with Gasteiger partial charge in [-0.3, -0.25) is 4.79 Å². The second kappa shape index (κ2) is 8.75. The fraction of sp³-hybridized carbons (Fsp3) is 0.529. The van der Waals surface area contributed by atoms with E-state index in [1.165, 1.54) is 23.9 Å². The number of tetrazole rings is 1. The first-order valence-corrected chi connectivity index (χ1v) is 9.69. The highest BCUT2D eigenvalue weighted by Crippen LogP contribution is 2.36. The fourth-order valence-electron chi connectivity index (χ4n) is 2.51. The predicted molar refractivity (Wildman–Crippen MR) is 97.1 cm³/mol. The Bertz CT molecular complexity index is 795. The van der Waals surface area contributed by atoms with Gasteiger partial charge in [-0.05, 0) is 43.4 Å². The first-order valence-electron chi connectivity index (χ1n) is 8.71. The van der Waals surface area contributed by atoms with Crippen molar-refractivity contribution in [2.75, 3.05) is 32.9 Å². The number of amides is 1. The van der Waals surface area contributed by atoms with E-state index in [0.29, 0.717) is 24.3 Å². The molecule has 146 valence electrons. The van der Waals surface area contributed by atoms with Gasteiger partial charge in [0.25, 0.3) is 0 Å². The molecule has 0 atom stereocenters. The Morgan fingerprint density at radius 2 is 2.07 bits per heavy atom. The molecule has 10 heteroatoms. The number of carbonyl (C=O) groups excluding carboxylic acids is 1. The average molecular weight is 396 g/mol. The number of halogens is 2. The van der Waals surface area contributed by atoms with Crippen LogP contribution in [0.5, 0.6) is 0 Å². The Kier molecular flexibility index (Phi) is 6.38. The quantitative estimate of drug-likeness (QED) is 0.604. The van der Waals surface area contributed by atoms with Gasteiger partial charge in [0.05, 0.1) is 11.8 Å². The molecule has 0 unspecified atom stereocenters. The maximum Gasteiger partial charge on any atom is 0.233 e. The van der Waals surface area contributed by atoms with Gasteiger partial charge >= 0.3 is 0 Å². The molecular weight excluding hydrogens is 374 g/mol. The summed E-state index contributed by atoms with van der Waals surface area (Å²) in [6.07, 6.45) is 2.09.